The molecular weight excluding hydrogens is 309 g/mol. The third kappa shape index (κ3) is 3.17. The molecule has 0 saturated carbocycles. The monoisotopic (exact) mass is 325 g/mol. The summed E-state index contributed by atoms with van der Waals surface area (Å²) >= 11 is 0. The second-order valence-corrected chi connectivity index (χ2v) is 5.44. The molecule has 0 spiro atoms. The van der Waals surface area contributed by atoms with Gasteiger partial charge in [0.2, 0.25) is 5.91 Å². The van der Waals surface area contributed by atoms with Gasteiger partial charge in [-0.2, -0.15) is 0 Å². The van der Waals surface area contributed by atoms with E-state index in [9.17, 15) is 14.0 Å². The van der Waals surface area contributed by atoms with E-state index < -0.39 is 5.82 Å². The number of amides is 1. The summed E-state index contributed by atoms with van der Waals surface area (Å²) in [6.07, 6.45) is 0.393. The van der Waals surface area contributed by atoms with Crippen LogP contribution >= 0.6 is 0 Å². The van der Waals surface area contributed by atoms with E-state index in [0.29, 0.717) is 16.7 Å². The predicted molar refractivity (Wildman–Crippen MR) is 90.3 cm³/mol. The highest BCUT2D eigenvalue weighted by Gasteiger charge is 2.11. The van der Waals surface area contributed by atoms with Crippen molar-refractivity contribution in [2.45, 2.75) is 12.8 Å². The van der Waals surface area contributed by atoms with Crippen LogP contribution in [0, 0.1) is 5.82 Å². The summed E-state index contributed by atoms with van der Waals surface area (Å²) < 4.78 is 15.0. The number of nitrogens with one attached hydrogen (secondary N) is 1. The van der Waals surface area contributed by atoms with Crippen molar-refractivity contribution >= 4 is 22.5 Å². The normalized spacial score (nSPS) is 10.8. The maximum Gasteiger partial charge on any atom is 0.261 e. The molecule has 1 N–H and O–H groups in total. The second kappa shape index (κ2) is 6.62. The summed E-state index contributed by atoms with van der Waals surface area (Å²) in [5.74, 6) is -0.299. The van der Waals surface area contributed by atoms with Crippen LogP contribution < -0.4 is 10.9 Å². The maximum absolute atomic E-state index is 13.5. The number of nitrogens with zero attached hydrogens (tertiary/aromatic N) is 2. The molecule has 0 unspecified atom stereocenters. The number of hydrogen-bond donors (Lipinski definition) is 1. The maximum atomic E-state index is 13.5. The van der Waals surface area contributed by atoms with Crippen LogP contribution in [0.2, 0.25) is 0 Å². The number of anilines is 1. The lowest BCUT2D eigenvalue weighted by Crippen LogP contribution is -2.23. The molecule has 5 nitrogen and oxygen atoms in total. The second-order valence-electron chi connectivity index (χ2n) is 5.44. The molecule has 0 saturated heterocycles. The Bertz CT molecular complexity index is 966. The molecule has 3 rings (SSSR count). The van der Waals surface area contributed by atoms with Gasteiger partial charge in [0, 0.05) is 19.9 Å². The molecule has 0 aliphatic heterocycles. The minimum Gasteiger partial charge on any atom is -0.324 e. The quantitative estimate of drug-likeness (QED) is 0.802. The van der Waals surface area contributed by atoms with Crippen LogP contribution in [0.1, 0.15) is 12.2 Å². The van der Waals surface area contributed by atoms with Gasteiger partial charge in [0.05, 0.1) is 16.6 Å². The summed E-state index contributed by atoms with van der Waals surface area (Å²) in [7, 11) is 1.63. The van der Waals surface area contributed by atoms with Crippen molar-refractivity contribution in [3.63, 3.8) is 0 Å². The standard InChI is InChI=1S/C18H16FN3O2/c1-22-16(20-14-8-4-2-6-12(14)18(22)24)10-11-17(23)21-15-9-5-3-7-13(15)19/h2-9H,10-11H2,1H3,(H,21,23). The molecule has 1 aromatic heterocycles. The highest BCUT2D eigenvalue weighted by Crippen LogP contribution is 2.13. The van der Waals surface area contributed by atoms with E-state index >= 15 is 0 Å². The largest absolute Gasteiger partial charge is 0.324 e. The molecule has 0 aliphatic rings. The first kappa shape index (κ1) is 15.9. The number of carbonyl (C=O) groups excluding carboxylic acids is 1. The number of para-hydroxylation sites is 2. The Morgan fingerprint density at radius 3 is 2.67 bits per heavy atom. The number of benzene rings is 2. The van der Waals surface area contributed by atoms with Gasteiger partial charge in [-0.3, -0.25) is 14.2 Å². The van der Waals surface area contributed by atoms with Crippen LogP contribution in [-0.2, 0) is 18.3 Å². The van der Waals surface area contributed by atoms with E-state index in [4.69, 9.17) is 0 Å². The number of aromatic nitrogens is 2. The third-order valence-corrected chi connectivity index (χ3v) is 3.80. The molecule has 0 aliphatic carbocycles. The molecule has 0 fully saturated rings. The molecule has 0 radical (unpaired) electrons. The molecule has 2 aromatic carbocycles. The lowest BCUT2D eigenvalue weighted by Gasteiger charge is -2.10. The Balaban J connectivity index is 1.76. The Hall–Kier alpha value is -3.02. The number of halogens is 1. The molecule has 122 valence electrons. The van der Waals surface area contributed by atoms with E-state index in [1.54, 1.807) is 37.4 Å². The van der Waals surface area contributed by atoms with Gasteiger partial charge in [0.15, 0.2) is 0 Å². The van der Waals surface area contributed by atoms with Gasteiger partial charge < -0.3 is 5.32 Å². The van der Waals surface area contributed by atoms with Crippen molar-refractivity contribution in [3.8, 4) is 0 Å². The fraction of sp³-hybridized carbons (Fsp3) is 0.167. The predicted octanol–water partition coefficient (Wildman–Crippen LogP) is 2.64. The zero-order valence-electron chi connectivity index (χ0n) is 13.1. The Kier molecular flexibility index (Phi) is 4.37. The lowest BCUT2D eigenvalue weighted by molar-refractivity contribution is -0.116. The summed E-state index contributed by atoms with van der Waals surface area (Å²) in [6, 6.07) is 13.1. The van der Waals surface area contributed by atoms with Gasteiger partial charge in [-0.05, 0) is 24.3 Å². The summed E-state index contributed by atoms with van der Waals surface area (Å²) in [6.45, 7) is 0. The van der Waals surface area contributed by atoms with Crippen molar-refractivity contribution in [3.05, 3.63) is 70.5 Å². The van der Waals surface area contributed by atoms with Crippen molar-refractivity contribution in [2.75, 3.05) is 5.32 Å². The molecule has 0 atom stereocenters. The van der Waals surface area contributed by atoms with E-state index in [1.807, 2.05) is 6.07 Å². The smallest absolute Gasteiger partial charge is 0.261 e. The van der Waals surface area contributed by atoms with Crippen LogP contribution in [0.4, 0.5) is 10.1 Å². The first-order chi connectivity index (χ1) is 11.6. The van der Waals surface area contributed by atoms with Crippen molar-refractivity contribution in [1.29, 1.82) is 0 Å². The first-order valence-electron chi connectivity index (χ1n) is 7.55. The molecule has 1 amide bonds. The van der Waals surface area contributed by atoms with Crippen LogP contribution in [-0.4, -0.2) is 15.5 Å². The van der Waals surface area contributed by atoms with Gasteiger partial charge in [-0.25, -0.2) is 9.37 Å². The van der Waals surface area contributed by atoms with Crippen LogP contribution in [0.15, 0.2) is 53.3 Å². The summed E-state index contributed by atoms with van der Waals surface area (Å²) in [4.78, 5) is 28.7. The van der Waals surface area contributed by atoms with E-state index in [0.717, 1.165) is 0 Å². The highest BCUT2D eigenvalue weighted by molar-refractivity contribution is 5.90. The number of fused-ring (bicyclic) bond motifs is 1. The van der Waals surface area contributed by atoms with E-state index in [2.05, 4.69) is 10.3 Å². The topological polar surface area (TPSA) is 64.0 Å². The van der Waals surface area contributed by atoms with Gasteiger partial charge in [-0.15, -0.1) is 0 Å². The number of carbonyl (C=O) groups is 1. The Labute approximate surface area is 137 Å². The van der Waals surface area contributed by atoms with Crippen LogP contribution in [0.5, 0.6) is 0 Å². The van der Waals surface area contributed by atoms with Gasteiger partial charge >= 0.3 is 0 Å². The average Bonchev–Trinajstić information content (AvgIpc) is 2.59. The summed E-state index contributed by atoms with van der Waals surface area (Å²) in [5, 5.41) is 3.06. The van der Waals surface area contributed by atoms with Gasteiger partial charge in [0.1, 0.15) is 11.6 Å². The SMILES string of the molecule is Cn1c(CCC(=O)Nc2ccccc2F)nc2ccccc2c1=O. The van der Waals surface area contributed by atoms with Crippen molar-refractivity contribution in [2.24, 2.45) is 7.05 Å². The molecule has 1 heterocycles. The zero-order chi connectivity index (χ0) is 17.1. The molecule has 6 heteroatoms. The average molecular weight is 325 g/mol. The van der Waals surface area contributed by atoms with Gasteiger partial charge in [-0.1, -0.05) is 24.3 Å². The number of rotatable bonds is 4. The molecular formula is C18H16FN3O2. The third-order valence-electron chi connectivity index (χ3n) is 3.80. The molecule has 3 aromatic rings. The number of aryl methyl sites for hydroxylation is 1. The van der Waals surface area contributed by atoms with Gasteiger partial charge in [0.25, 0.3) is 5.56 Å². The van der Waals surface area contributed by atoms with Crippen molar-refractivity contribution in [1.82, 2.24) is 9.55 Å². The minimum atomic E-state index is -0.484. The highest BCUT2D eigenvalue weighted by atomic mass is 19.1. The van der Waals surface area contributed by atoms with Crippen LogP contribution in [0.3, 0.4) is 0 Å². The minimum absolute atomic E-state index is 0.104. The fourth-order valence-electron chi connectivity index (χ4n) is 2.49. The zero-order valence-corrected chi connectivity index (χ0v) is 13.1. The van der Waals surface area contributed by atoms with Crippen molar-refractivity contribution < 1.29 is 9.18 Å². The summed E-state index contributed by atoms with van der Waals surface area (Å²) in [5.41, 5.74) is 0.595. The van der Waals surface area contributed by atoms with E-state index in [-0.39, 0.29) is 30.0 Å². The molecule has 0 bridgehead atoms. The first-order valence-corrected chi connectivity index (χ1v) is 7.55. The van der Waals surface area contributed by atoms with E-state index in [1.165, 1.54) is 16.7 Å². The molecule has 24 heavy (non-hydrogen) atoms. The van der Waals surface area contributed by atoms with Crippen LogP contribution in [0.25, 0.3) is 10.9 Å². The number of hydrogen-bond acceptors (Lipinski definition) is 3. The fourth-order valence-corrected chi connectivity index (χ4v) is 2.49. The Morgan fingerprint density at radius 2 is 1.88 bits per heavy atom. The Morgan fingerprint density at radius 1 is 1.17 bits per heavy atom. The lowest BCUT2D eigenvalue weighted by atomic mass is 10.2.